The second kappa shape index (κ2) is 12.5. The van der Waals surface area contributed by atoms with Crippen LogP contribution in [0.25, 0.3) is 5.76 Å². The molecule has 1 atom stereocenters. The fourth-order valence-corrected chi connectivity index (χ4v) is 4.26. The third kappa shape index (κ3) is 6.77. The van der Waals surface area contributed by atoms with Crippen LogP contribution in [-0.4, -0.2) is 65.4 Å². The van der Waals surface area contributed by atoms with E-state index in [1.165, 1.54) is 11.8 Å². The molecule has 37 heavy (non-hydrogen) atoms. The van der Waals surface area contributed by atoms with Gasteiger partial charge in [0, 0.05) is 25.6 Å². The van der Waals surface area contributed by atoms with Gasteiger partial charge in [0.05, 0.1) is 18.2 Å². The Bertz CT molecular complexity index is 1130. The maximum atomic E-state index is 13.2. The minimum atomic E-state index is -0.779. The van der Waals surface area contributed by atoms with Crippen LogP contribution in [0.3, 0.4) is 0 Å². The molecule has 8 nitrogen and oxygen atoms in total. The Morgan fingerprint density at radius 3 is 2.14 bits per heavy atom. The average molecular weight is 509 g/mol. The van der Waals surface area contributed by atoms with Crippen LogP contribution in [0, 0.1) is 5.92 Å². The van der Waals surface area contributed by atoms with Crippen LogP contribution in [-0.2, 0) is 14.4 Å². The lowest BCUT2D eigenvalue weighted by Gasteiger charge is -2.28. The highest BCUT2D eigenvalue weighted by atomic mass is 16.5. The number of likely N-dealkylation sites (N-methyl/N-ethyl adjacent to an activating group) is 1. The zero-order valence-electron chi connectivity index (χ0n) is 22.2. The van der Waals surface area contributed by atoms with Crippen LogP contribution >= 0.6 is 0 Å². The Balaban J connectivity index is 2.01. The van der Waals surface area contributed by atoms with E-state index in [-0.39, 0.29) is 11.3 Å². The van der Waals surface area contributed by atoms with Gasteiger partial charge >= 0.3 is 5.97 Å². The van der Waals surface area contributed by atoms with E-state index >= 15 is 0 Å². The maximum Gasteiger partial charge on any atom is 0.308 e. The van der Waals surface area contributed by atoms with Gasteiger partial charge in [0.1, 0.15) is 17.3 Å². The van der Waals surface area contributed by atoms with Crippen LogP contribution in [0.15, 0.2) is 54.1 Å². The van der Waals surface area contributed by atoms with Crippen LogP contribution in [0.5, 0.6) is 11.5 Å². The summed E-state index contributed by atoms with van der Waals surface area (Å²) in [6.45, 7) is 12.6. The zero-order chi connectivity index (χ0) is 27.1. The Morgan fingerprint density at radius 1 is 1.00 bits per heavy atom. The van der Waals surface area contributed by atoms with Crippen molar-refractivity contribution in [3.8, 4) is 11.5 Å². The van der Waals surface area contributed by atoms with Gasteiger partial charge in [0.15, 0.2) is 0 Å². The topological polar surface area (TPSA) is 96.4 Å². The number of rotatable bonds is 11. The first kappa shape index (κ1) is 27.9. The van der Waals surface area contributed by atoms with Gasteiger partial charge in [-0.05, 0) is 61.0 Å². The monoisotopic (exact) mass is 508 g/mol. The molecule has 8 heteroatoms. The Kier molecular flexibility index (Phi) is 9.47. The van der Waals surface area contributed by atoms with Crippen LogP contribution < -0.4 is 9.47 Å². The van der Waals surface area contributed by atoms with Gasteiger partial charge < -0.3 is 24.4 Å². The number of Topliss-reactive ketones (excluding diaryl/α,β-unsaturated/α-hetero) is 1. The van der Waals surface area contributed by atoms with Gasteiger partial charge in [-0.1, -0.05) is 39.8 Å². The number of likely N-dealkylation sites (tertiary alicyclic amines) is 1. The second-order valence-electron chi connectivity index (χ2n) is 9.41. The number of aliphatic hydroxyl groups is 1. The number of carbonyl (C=O) groups is 3. The molecule has 2 aromatic rings. The summed E-state index contributed by atoms with van der Waals surface area (Å²) >= 11 is 0. The van der Waals surface area contributed by atoms with E-state index < -0.39 is 23.7 Å². The molecule has 1 amide bonds. The predicted molar refractivity (Wildman–Crippen MR) is 141 cm³/mol. The summed E-state index contributed by atoms with van der Waals surface area (Å²) in [5, 5.41) is 11.3. The van der Waals surface area contributed by atoms with E-state index in [1.807, 2.05) is 13.8 Å². The van der Waals surface area contributed by atoms with E-state index in [1.54, 1.807) is 48.5 Å². The lowest BCUT2D eigenvalue weighted by molar-refractivity contribution is -0.140. The first-order valence-corrected chi connectivity index (χ1v) is 12.7. The Morgan fingerprint density at radius 2 is 1.59 bits per heavy atom. The van der Waals surface area contributed by atoms with E-state index in [0.29, 0.717) is 48.2 Å². The van der Waals surface area contributed by atoms with Crippen molar-refractivity contribution in [1.82, 2.24) is 9.80 Å². The van der Waals surface area contributed by atoms with Crippen molar-refractivity contribution in [2.45, 2.75) is 40.7 Å². The fourth-order valence-electron chi connectivity index (χ4n) is 4.26. The highest BCUT2D eigenvalue weighted by Crippen LogP contribution is 2.40. The number of benzene rings is 2. The number of esters is 1. The van der Waals surface area contributed by atoms with Crippen molar-refractivity contribution in [1.29, 1.82) is 0 Å². The molecule has 1 aliphatic heterocycles. The lowest BCUT2D eigenvalue weighted by Crippen LogP contribution is -2.38. The highest BCUT2D eigenvalue weighted by Gasteiger charge is 2.46. The maximum absolute atomic E-state index is 13.2. The summed E-state index contributed by atoms with van der Waals surface area (Å²) in [4.78, 5) is 41.4. The van der Waals surface area contributed by atoms with Gasteiger partial charge in [-0.3, -0.25) is 14.4 Å². The molecule has 1 unspecified atom stereocenters. The van der Waals surface area contributed by atoms with Crippen molar-refractivity contribution >= 4 is 23.4 Å². The lowest BCUT2D eigenvalue weighted by atomic mass is 9.95. The molecule has 1 heterocycles. The molecule has 198 valence electrons. The van der Waals surface area contributed by atoms with Crippen molar-refractivity contribution in [2.24, 2.45) is 5.92 Å². The highest BCUT2D eigenvalue weighted by molar-refractivity contribution is 6.46. The van der Waals surface area contributed by atoms with Crippen molar-refractivity contribution in [2.75, 3.05) is 32.8 Å². The number of carbonyl (C=O) groups excluding carboxylic acids is 3. The van der Waals surface area contributed by atoms with E-state index in [2.05, 4.69) is 18.7 Å². The molecule has 3 rings (SSSR count). The molecule has 0 radical (unpaired) electrons. The number of ketones is 1. The summed E-state index contributed by atoms with van der Waals surface area (Å²) in [5.74, 6) is -0.693. The van der Waals surface area contributed by atoms with E-state index in [0.717, 1.165) is 13.1 Å². The van der Waals surface area contributed by atoms with Gasteiger partial charge in [-0.2, -0.15) is 0 Å². The zero-order valence-corrected chi connectivity index (χ0v) is 22.2. The molecule has 1 N–H and O–H groups in total. The number of nitrogens with zero attached hydrogens (tertiary/aromatic N) is 2. The SMILES string of the molecule is CCN(CC)CCN1C(=O)C(=O)/C(=C(\O)c2ccc(OCC(C)C)cc2)C1c1ccc(OC(C)=O)cc1. The molecular formula is C29H36N2O6. The number of aliphatic hydroxyl groups excluding tert-OH is 1. The van der Waals surface area contributed by atoms with Crippen molar-refractivity contribution < 1.29 is 29.0 Å². The molecule has 0 spiro atoms. The summed E-state index contributed by atoms with van der Waals surface area (Å²) in [5.41, 5.74) is 1.08. The van der Waals surface area contributed by atoms with Crippen molar-refractivity contribution in [3.63, 3.8) is 0 Å². The third-order valence-corrected chi connectivity index (χ3v) is 6.26. The number of ether oxygens (including phenoxy) is 2. The molecule has 2 aromatic carbocycles. The number of amides is 1. The fraction of sp³-hybridized carbons (Fsp3) is 0.414. The van der Waals surface area contributed by atoms with Gasteiger partial charge in [0.2, 0.25) is 0 Å². The molecule has 0 bridgehead atoms. The van der Waals surface area contributed by atoms with Gasteiger partial charge in [-0.25, -0.2) is 0 Å². The molecule has 1 saturated heterocycles. The van der Waals surface area contributed by atoms with Crippen LogP contribution in [0.2, 0.25) is 0 Å². The largest absolute Gasteiger partial charge is 0.507 e. The van der Waals surface area contributed by atoms with Gasteiger partial charge in [-0.15, -0.1) is 0 Å². The smallest absolute Gasteiger partial charge is 0.308 e. The van der Waals surface area contributed by atoms with Gasteiger partial charge in [0.25, 0.3) is 11.7 Å². The van der Waals surface area contributed by atoms with E-state index in [9.17, 15) is 19.5 Å². The minimum Gasteiger partial charge on any atom is -0.507 e. The third-order valence-electron chi connectivity index (χ3n) is 6.26. The summed E-state index contributed by atoms with van der Waals surface area (Å²) in [7, 11) is 0. The molecule has 0 aromatic heterocycles. The van der Waals surface area contributed by atoms with Crippen molar-refractivity contribution in [3.05, 3.63) is 65.2 Å². The Labute approximate surface area is 218 Å². The second-order valence-corrected chi connectivity index (χ2v) is 9.41. The number of hydrogen-bond donors (Lipinski definition) is 1. The first-order valence-electron chi connectivity index (χ1n) is 12.7. The summed E-state index contributed by atoms with van der Waals surface area (Å²) < 4.78 is 10.9. The molecule has 0 saturated carbocycles. The molecule has 1 aliphatic rings. The summed E-state index contributed by atoms with van der Waals surface area (Å²) in [6.07, 6.45) is 0. The molecule has 0 aliphatic carbocycles. The average Bonchev–Trinajstić information content (AvgIpc) is 3.13. The Hall–Kier alpha value is -3.65. The first-order chi connectivity index (χ1) is 17.7. The molecular weight excluding hydrogens is 472 g/mol. The van der Waals surface area contributed by atoms with E-state index in [4.69, 9.17) is 9.47 Å². The van der Waals surface area contributed by atoms with Crippen LogP contribution in [0.4, 0.5) is 0 Å². The predicted octanol–water partition coefficient (Wildman–Crippen LogP) is 4.41. The minimum absolute atomic E-state index is 0.0284. The van der Waals surface area contributed by atoms with Crippen LogP contribution in [0.1, 0.15) is 51.8 Å². The quantitative estimate of drug-likeness (QED) is 0.158. The standard InChI is InChI=1S/C29H36N2O6/c1-6-30(7-2)16-17-31-26(21-8-14-24(15-9-21)37-20(5)32)25(28(34)29(31)35)27(33)22-10-12-23(13-11-22)36-18-19(3)4/h8-15,19,26,33H,6-7,16-18H2,1-5H3/b27-25-. The normalized spacial score (nSPS) is 17.1. The summed E-state index contributed by atoms with van der Waals surface area (Å²) in [6, 6.07) is 12.7. The number of hydrogen-bond acceptors (Lipinski definition) is 7. The molecule has 1 fully saturated rings.